The fraction of sp³-hybridized carbons (Fsp3) is 0. The SMILES string of the molecule is c1ccc(-[s+]2c3cc4ccccc4cc3c3cc4ccccc4cc32)cc1. The van der Waals surface area contributed by atoms with Gasteiger partial charge in [0, 0.05) is 33.4 Å². The van der Waals surface area contributed by atoms with Crippen molar-refractivity contribution in [2.45, 2.75) is 0 Å². The molecule has 1 heterocycles. The van der Waals surface area contributed by atoms with E-state index in [1.54, 1.807) is 0 Å². The maximum absolute atomic E-state index is 2.41. The van der Waals surface area contributed by atoms with E-state index in [0.29, 0.717) is 0 Å². The second-order valence-corrected chi connectivity index (χ2v) is 8.97. The molecule has 0 aliphatic heterocycles. The Hall–Kier alpha value is -3.16. The van der Waals surface area contributed by atoms with Gasteiger partial charge in [-0.2, -0.15) is 0 Å². The molecule has 126 valence electrons. The topological polar surface area (TPSA) is 0 Å². The highest BCUT2D eigenvalue weighted by molar-refractivity contribution is 7.50. The second kappa shape index (κ2) is 5.67. The lowest BCUT2D eigenvalue weighted by molar-refractivity contribution is 1.76. The Morgan fingerprint density at radius 3 is 1.30 bits per heavy atom. The normalized spacial score (nSPS) is 11.7. The maximum Gasteiger partial charge on any atom is 0.188 e. The van der Waals surface area contributed by atoms with Crippen molar-refractivity contribution in [1.29, 1.82) is 0 Å². The van der Waals surface area contributed by atoms with E-state index in [1.165, 1.54) is 46.6 Å². The molecule has 6 aromatic rings. The Kier molecular flexibility index (Phi) is 3.14. The van der Waals surface area contributed by atoms with Gasteiger partial charge in [0.25, 0.3) is 0 Å². The third kappa shape index (κ3) is 2.22. The highest BCUT2D eigenvalue weighted by Gasteiger charge is 2.24. The monoisotopic (exact) mass is 361 g/mol. The number of fused-ring (bicyclic) bond motifs is 5. The maximum atomic E-state index is 2.41. The van der Waals surface area contributed by atoms with E-state index in [0.717, 1.165) is 0 Å². The van der Waals surface area contributed by atoms with Crippen LogP contribution in [0, 0.1) is 0 Å². The molecule has 6 rings (SSSR count). The van der Waals surface area contributed by atoms with E-state index >= 15 is 0 Å². The first-order valence-electron chi connectivity index (χ1n) is 9.24. The first-order chi connectivity index (χ1) is 13.4. The molecule has 0 fully saturated rings. The van der Waals surface area contributed by atoms with E-state index < -0.39 is 0 Å². The van der Waals surface area contributed by atoms with Crippen LogP contribution in [0.1, 0.15) is 0 Å². The molecule has 0 bridgehead atoms. The van der Waals surface area contributed by atoms with Crippen LogP contribution in [-0.2, 0) is 0 Å². The Morgan fingerprint density at radius 2 is 0.815 bits per heavy atom. The van der Waals surface area contributed by atoms with Gasteiger partial charge in [0.05, 0.1) is 0 Å². The quantitative estimate of drug-likeness (QED) is 0.260. The summed E-state index contributed by atoms with van der Waals surface area (Å²) in [6, 6.07) is 37.9. The smallest absolute Gasteiger partial charge is 0.0619 e. The van der Waals surface area contributed by atoms with Crippen molar-refractivity contribution in [2.24, 2.45) is 0 Å². The molecule has 5 aromatic carbocycles. The largest absolute Gasteiger partial charge is 0.188 e. The molecule has 0 saturated carbocycles. The Morgan fingerprint density at radius 1 is 0.407 bits per heavy atom. The van der Waals surface area contributed by atoms with Crippen molar-refractivity contribution in [3.8, 4) is 4.90 Å². The lowest BCUT2D eigenvalue weighted by Crippen LogP contribution is -1.73. The van der Waals surface area contributed by atoms with E-state index in [-0.39, 0.29) is 10.5 Å². The van der Waals surface area contributed by atoms with Gasteiger partial charge in [-0.25, -0.2) is 0 Å². The zero-order valence-corrected chi connectivity index (χ0v) is 15.5. The van der Waals surface area contributed by atoms with E-state index in [2.05, 4.69) is 103 Å². The molecule has 1 aromatic heterocycles. The minimum Gasteiger partial charge on any atom is -0.0619 e. The average Bonchev–Trinajstić information content (AvgIpc) is 3.03. The van der Waals surface area contributed by atoms with E-state index in [9.17, 15) is 0 Å². The van der Waals surface area contributed by atoms with Gasteiger partial charge < -0.3 is 0 Å². The summed E-state index contributed by atoms with van der Waals surface area (Å²) in [5.41, 5.74) is 0. The highest BCUT2D eigenvalue weighted by Crippen LogP contribution is 2.50. The number of benzene rings is 5. The van der Waals surface area contributed by atoms with Gasteiger partial charge in [-0.05, 0) is 45.8 Å². The Labute approximate surface area is 160 Å². The van der Waals surface area contributed by atoms with Gasteiger partial charge in [0.15, 0.2) is 14.3 Å². The van der Waals surface area contributed by atoms with Crippen LogP contribution in [0.2, 0.25) is 0 Å². The van der Waals surface area contributed by atoms with Crippen LogP contribution in [-0.4, -0.2) is 0 Å². The molecular weight excluding hydrogens is 344 g/mol. The molecule has 0 atom stereocenters. The van der Waals surface area contributed by atoms with Gasteiger partial charge >= 0.3 is 0 Å². The molecule has 0 aliphatic carbocycles. The second-order valence-electron chi connectivity index (χ2n) is 7.01. The molecule has 0 spiro atoms. The summed E-state index contributed by atoms with van der Waals surface area (Å²) in [6.45, 7) is 0. The number of hydrogen-bond acceptors (Lipinski definition) is 0. The number of thiophene rings is 1. The lowest BCUT2D eigenvalue weighted by atomic mass is 10.0. The molecule has 0 radical (unpaired) electrons. The minimum atomic E-state index is -0.0526. The molecule has 1 heteroatoms. The van der Waals surface area contributed by atoms with Crippen molar-refractivity contribution in [1.82, 2.24) is 0 Å². The van der Waals surface area contributed by atoms with Gasteiger partial charge in [0.1, 0.15) is 0 Å². The summed E-state index contributed by atoms with van der Waals surface area (Å²) in [6.07, 6.45) is 0. The summed E-state index contributed by atoms with van der Waals surface area (Å²) >= 11 is 0. The van der Waals surface area contributed by atoms with Crippen LogP contribution < -0.4 is 0 Å². The predicted molar refractivity (Wildman–Crippen MR) is 120 cm³/mol. The summed E-state index contributed by atoms with van der Waals surface area (Å²) in [4.78, 5) is 1.39. The fourth-order valence-corrected chi connectivity index (χ4v) is 6.57. The molecule has 0 saturated heterocycles. The third-order valence-electron chi connectivity index (χ3n) is 5.40. The Bertz CT molecular complexity index is 1360. The van der Waals surface area contributed by atoms with Crippen molar-refractivity contribution < 1.29 is 0 Å². The van der Waals surface area contributed by atoms with Crippen molar-refractivity contribution in [2.75, 3.05) is 0 Å². The summed E-state index contributed by atoms with van der Waals surface area (Å²) in [7, 11) is -0.0526. The summed E-state index contributed by atoms with van der Waals surface area (Å²) in [5.74, 6) is 0. The third-order valence-corrected chi connectivity index (χ3v) is 7.70. The first-order valence-corrected chi connectivity index (χ1v) is 10.5. The summed E-state index contributed by atoms with van der Waals surface area (Å²) in [5, 5.41) is 8.05. The van der Waals surface area contributed by atoms with Crippen LogP contribution in [0.25, 0.3) is 46.6 Å². The Balaban J connectivity index is 1.88. The van der Waals surface area contributed by atoms with Gasteiger partial charge in [-0.3, -0.25) is 0 Å². The van der Waals surface area contributed by atoms with Crippen LogP contribution in [0.15, 0.2) is 103 Å². The fourth-order valence-electron chi connectivity index (χ4n) is 4.13. The number of rotatable bonds is 1. The van der Waals surface area contributed by atoms with Crippen LogP contribution in [0.4, 0.5) is 0 Å². The average molecular weight is 361 g/mol. The lowest BCUT2D eigenvalue weighted by Gasteiger charge is -1.97. The van der Waals surface area contributed by atoms with Crippen LogP contribution in [0.3, 0.4) is 0 Å². The summed E-state index contributed by atoms with van der Waals surface area (Å²) < 4.78 is 2.90. The van der Waals surface area contributed by atoms with Crippen LogP contribution >= 0.6 is 10.5 Å². The van der Waals surface area contributed by atoms with Gasteiger partial charge in [0.2, 0.25) is 0 Å². The molecular formula is C26H17S+. The van der Waals surface area contributed by atoms with Crippen molar-refractivity contribution >= 4 is 52.2 Å². The molecule has 0 amide bonds. The number of hydrogen-bond donors (Lipinski definition) is 0. The minimum absolute atomic E-state index is 0.0526. The van der Waals surface area contributed by atoms with Crippen LogP contribution in [0.5, 0.6) is 0 Å². The van der Waals surface area contributed by atoms with Crippen molar-refractivity contribution in [3.05, 3.63) is 103 Å². The molecule has 27 heavy (non-hydrogen) atoms. The molecule has 0 N–H and O–H groups in total. The molecule has 0 unspecified atom stereocenters. The predicted octanol–water partition coefficient (Wildman–Crippen LogP) is 8.04. The van der Waals surface area contributed by atoms with Crippen molar-refractivity contribution in [3.63, 3.8) is 0 Å². The van der Waals surface area contributed by atoms with Gasteiger partial charge in [-0.1, -0.05) is 66.7 Å². The van der Waals surface area contributed by atoms with E-state index in [1.807, 2.05) is 0 Å². The molecule has 0 aliphatic rings. The standard InChI is InChI=1S/C26H17S/c1-2-12-22(13-3-1)27-25-16-20-10-6-4-8-18(20)14-23(25)24-15-19-9-5-7-11-21(19)17-26(24)27/h1-17H/q+1. The zero-order chi connectivity index (χ0) is 17.8. The highest BCUT2D eigenvalue weighted by atomic mass is 32.2. The zero-order valence-electron chi connectivity index (χ0n) is 14.7. The van der Waals surface area contributed by atoms with E-state index in [4.69, 9.17) is 0 Å². The first kappa shape index (κ1) is 15.0. The molecule has 0 nitrogen and oxygen atoms in total. The van der Waals surface area contributed by atoms with Gasteiger partial charge in [-0.15, -0.1) is 0 Å².